The van der Waals surface area contributed by atoms with Crippen molar-refractivity contribution < 1.29 is 66.7 Å². The van der Waals surface area contributed by atoms with Crippen LogP contribution < -0.4 is 28.4 Å². The molecule has 0 aliphatic carbocycles. The lowest BCUT2D eigenvalue weighted by Crippen LogP contribution is -2.10. The van der Waals surface area contributed by atoms with Crippen molar-refractivity contribution in [3.8, 4) is 34.5 Å². The van der Waals surface area contributed by atoms with Gasteiger partial charge in [0.25, 0.3) is 0 Å². The smallest absolute Gasteiger partial charge is 0.338 e. The number of benzene rings is 2. The molecule has 0 saturated carbocycles. The minimum atomic E-state index is -0.672. The van der Waals surface area contributed by atoms with E-state index in [0.717, 1.165) is 0 Å². The second-order valence-corrected chi connectivity index (χ2v) is 7.37. The van der Waals surface area contributed by atoms with Crippen LogP contribution in [-0.2, 0) is 28.7 Å². The Morgan fingerprint density at radius 1 is 0.450 bits per heavy atom. The Balaban J connectivity index is 0.000000400. The van der Waals surface area contributed by atoms with Crippen LogP contribution in [0, 0.1) is 0 Å². The molecule has 40 heavy (non-hydrogen) atoms. The number of carbonyl (C=O) groups excluding carboxylic acids is 6. The van der Waals surface area contributed by atoms with Crippen LogP contribution in [0.2, 0.25) is 0 Å². The third-order valence-electron chi connectivity index (χ3n) is 4.31. The van der Waals surface area contributed by atoms with Gasteiger partial charge >= 0.3 is 35.8 Å². The van der Waals surface area contributed by atoms with Crippen LogP contribution in [0.1, 0.15) is 48.4 Å². The summed E-state index contributed by atoms with van der Waals surface area (Å²) in [6.45, 7) is 4.76. The van der Waals surface area contributed by atoms with Gasteiger partial charge in [0.05, 0.1) is 39.6 Å². The Bertz CT molecular complexity index is 1120. The first-order chi connectivity index (χ1) is 18.8. The molecule has 0 N–H and O–H groups in total. The number of hydrogen-bond donors (Lipinski definition) is 0. The zero-order valence-electron chi connectivity index (χ0n) is 23.0. The highest BCUT2D eigenvalue weighted by Gasteiger charge is 2.22. The fourth-order valence-electron chi connectivity index (χ4n) is 2.95. The molecule has 0 fully saturated rings. The zero-order chi connectivity index (χ0) is 30.6. The van der Waals surface area contributed by atoms with E-state index < -0.39 is 35.8 Å². The maximum Gasteiger partial charge on any atom is 0.338 e. The van der Waals surface area contributed by atoms with E-state index in [9.17, 15) is 28.8 Å². The molecule has 0 aliphatic rings. The summed E-state index contributed by atoms with van der Waals surface area (Å²) < 4.78 is 38.9. The van der Waals surface area contributed by atoms with Crippen LogP contribution >= 0.6 is 0 Å². The fraction of sp³-hybridized carbons (Fsp3) is 0.308. The van der Waals surface area contributed by atoms with Gasteiger partial charge in [0.1, 0.15) is 0 Å². The molecule has 0 spiro atoms. The third-order valence-corrected chi connectivity index (χ3v) is 4.31. The highest BCUT2D eigenvalue weighted by atomic mass is 16.6. The second kappa shape index (κ2) is 15.3. The van der Waals surface area contributed by atoms with Gasteiger partial charge in [-0.3, -0.25) is 19.2 Å². The molecule has 14 nitrogen and oxygen atoms in total. The maximum atomic E-state index is 11.5. The molecule has 0 saturated heterocycles. The summed E-state index contributed by atoms with van der Waals surface area (Å²) in [5.74, 6) is -3.90. The lowest BCUT2D eigenvalue weighted by atomic mass is 10.2. The van der Waals surface area contributed by atoms with Crippen molar-refractivity contribution in [1.82, 2.24) is 0 Å². The van der Waals surface area contributed by atoms with Crippen LogP contribution in [0.15, 0.2) is 24.3 Å². The first kappa shape index (κ1) is 32.9. The number of esters is 6. The van der Waals surface area contributed by atoms with E-state index in [4.69, 9.17) is 28.4 Å². The van der Waals surface area contributed by atoms with Crippen molar-refractivity contribution in [1.29, 1.82) is 0 Å². The molecule has 2 aromatic carbocycles. The van der Waals surface area contributed by atoms with E-state index in [1.165, 1.54) is 80.4 Å². The number of ether oxygens (including phenoxy) is 8. The van der Waals surface area contributed by atoms with Gasteiger partial charge in [-0.05, 0) is 24.3 Å². The van der Waals surface area contributed by atoms with E-state index in [1.54, 1.807) is 0 Å². The maximum absolute atomic E-state index is 11.5. The summed E-state index contributed by atoms with van der Waals surface area (Å²) in [6, 6.07) is 5.05. The Morgan fingerprint density at radius 3 is 0.825 bits per heavy atom. The average Bonchev–Trinajstić information content (AvgIpc) is 2.86. The first-order valence-corrected chi connectivity index (χ1v) is 11.1. The molecule has 216 valence electrons. The minimum absolute atomic E-state index is 0.0306. The summed E-state index contributed by atoms with van der Waals surface area (Å²) in [4.78, 5) is 67.3. The van der Waals surface area contributed by atoms with Crippen molar-refractivity contribution in [3.05, 3.63) is 35.4 Å². The summed E-state index contributed by atoms with van der Waals surface area (Å²) in [6.07, 6.45) is 0. The van der Waals surface area contributed by atoms with Crippen molar-refractivity contribution in [2.75, 3.05) is 28.4 Å². The highest BCUT2D eigenvalue weighted by Crippen LogP contribution is 2.40. The van der Waals surface area contributed by atoms with Crippen molar-refractivity contribution in [3.63, 3.8) is 0 Å². The predicted molar refractivity (Wildman–Crippen MR) is 134 cm³/mol. The van der Waals surface area contributed by atoms with Crippen LogP contribution in [0.5, 0.6) is 34.5 Å². The van der Waals surface area contributed by atoms with Gasteiger partial charge in [0, 0.05) is 27.7 Å². The monoisotopic (exact) mass is 564 g/mol. The molecule has 0 atom stereocenters. The SMILES string of the molecule is COC(=O)c1cc(OC(C)=O)c(OC)c(OC(C)=O)c1.COC(=O)c1cc(OC(C)=O)c(OC)c(OC(C)=O)c1. The van der Waals surface area contributed by atoms with Crippen LogP contribution in [0.4, 0.5) is 0 Å². The molecule has 0 amide bonds. The predicted octanol–water partition coefficient (Wildman–Crippen LogP) is 2.66. The Kier molecular flexibility index (Phi) is 12.6. The van der Waals surface area contributed by atoms with E-state index in [-0.39, 0.29) is 45.6 Å². The van der Waals surface area contributed by atoms with Crippen molar-refractivity contribution in [2.45, 2.75) is 27.7 Å². The number of carbonyl (C=O) groups is 6. The second-order valence-electron chi connectivity index (χ2n) is 7.37. The standard InChI is InChI=1S/2C13H14O7/c2*1-7(14)19-10-5-9(13(16)18-4)6-11(12(10)17-3)20-8(2)15/h2*5-6H,1-4H3. The summed E-state index contributed by atoms with van der Waals surface area (Å²) >= 11 is 0. The quantitative estimate of drug-likeness (QED) is 0.338. The molecule has 2 aromatic rings. The van der Waals surface area contributed by atoms with E-state index in [2.05, 4.69) is 9.47 Å². The number of methoxy groups -OCH3 is 4. The lowest BCUT2D eigenvalue weighted by Gasteiger charge is -2.13. The molecule has 14 heteroatoms. The van der Waals surface area contributed by atoms with Gasteiger partial charge in [-0.2, -0.15) is 0 Å². The molecule has 2 rings (SSSR count). The van der Waals surface area contributed by atoms with Gasteiger partial charge in [0.2, 0.25) is 11.5 Å². The first-order valence-electron chi connectivity index (χ1n) is 11.1. The van der Waals surface area contributed by atoms with E-state index >= 15 is 0 Å². The molecule has 0 bridgehead atoms. The molecule has 0 unspecified atom stereocenters. The fourth-order valence-corrected chi connectivity index (χ4v) is 2.95. The summed E-state index contributed by atoms with van der Waals surface area (Å²) in [5.41, 5.74) is 0.113. The van der Waals surface area contributed by atoms with Crippen LogP contribution in [0.25, 0.3) is 0 Å². The van der Waals surface area contributed by atoms with Gasteiger partial charge < -0.3 is 37.9 Å². The third kappa shape index (κ3) is 9.63. The number of rotatable bonds is 8. The molecular weight excluding hydrogens is 536 g/mol. The molecule has 0 radical (unpaired) electrons. The summed E-state index contributed by atoms with van der Waals surface area (Å²) in [7, 11) is 5.02. The van der Waals surface area contributed by atoms with Crippen molar-refractivity contribution >= 4 is 35.8 Å². The van der Waals surface area contributed by atoms with Crippen LogP contribution in [0.3, 0.4) is 0 Å². The van der Waals surface area contributed by atoms with Crippen molar-refractivity contribution in [2.24, 2.45) is 0 Å². The minimum Gasteiger partial charge on any atom is -0.490 e. The van der Waals surface area contributed by atoms with Gasteiger partial charge in [-0.1, -0.05) is 0 Å². The van der Waals surface area contributed by atoms with Gasteiger partial charge in [-0.25, -0.2) is 9.59 Å². The largest absolute Gasteiger partial charge is 0.490 e. The average molecular weight is 564 g/mol. The topological polar surface area (TPSA) is 176 Å². The zero-order valence-corrected chi connectivity index (χ0v) is 23.0. The lowest BCUT2D eigenvalue weighted by molar-refractivity contribution is -0.133. The molecule has 0 aliphatic heterocycles. The van der Waals surface area contributed by atoms with Gasteiger partial charge in [0.15, 0.2) is 23.0 Å². The Labute approximate surface area is 228 Å². The molecule has 0 heterocycles. The van der Waals surface area contributed by atoms with E-state index in [0.29, 0.717) is 0 Å². The molecular formula is C26H28O14. The van der Waals surface area contributed by atoms with E-state index in [1.807, 2.05) is 0 Å². The van der Waals surface area contributed by atoms with Gasteiger partial charge in [-0.15, -0.1) is 0 Å². The highest BCUT2D eigenvalue weighted by molar-refractivity contribution is 5.92. The number of hydrogen-bond acceptors (Lipinski definition) is 14. The van der Waals surface area contributed by atoms with Crippen LogP contribution in [-0.4, -0.2) is 64.3 Å². The molecule has 0 aromatic heterocycles. The Morgan fingerprint density at radius 2 is 0.675 bits per heavy atom. The normalized spacial score (nSPS) is 9.60. The summed E-state index contributed by atoms with van der Waals surface area (Å²) in [5, 5.41) is 0. The Hall–Kier alpha value is -5.14.